The van der Waals surface area contributed by atoms with E-state index in [1.807, 2.05) is 45.9 Å². The number of halogens is 1. The maximum atomic E-state index is 11.3. The highest BCUT2D eigenvalue weighted by molar-refractivity contribution is 9.10. The molecule has 1 aromatic carbocycles. The van der Waals surface area contributed by atoms with Gasteiger partial charge in [-0.1, -0.05) is 22.0 Å². The Kier molecular flexibility index (Phi) is 3.63. The van der Waals surface area contributed by atoms with E-state index in [0.29, 0.717) is 5.69 Å². The van der Waals surface area contributed by atoms with E-state index in [2.05, 4.69) is 15.9 Å². The standard InChI is InChI=1S/C12H16BrNO2/c1-8-5-6-9(7-10(8)13)14(11(15)16)12(2,3)4/h5-7H,1-4H3,(H,15,16). The van der Waals surface area contributed by atoms with Crippen LogP contribution in [0, 0.1) is 6.92 Å². The normalized spacial score (nSPS) is 11.3. The fourth-order valence-corrected chi connectivity index (χ4v) is 1.87. The molecule has 0 unspecified atom stereocenters. The molecule has 0 spiro atoms. The van der Waals surface area contributed by atoms with E-state index in [9.17, 15) is 9.90 Å². The molecule has 0 saturated carbocycles. The van der Waals surface area contributed by atoms with Crippen LogP contribution < -0.4 is 4.90 Å². The van der Waals surface area contributed by atoms with Gasteiger partial charge in [-0.3, -0.25) is 4.90 Å². The Morgan fingerprint density at radius 2 is 1.94 bits per heavy atom. The molecule has 4 heteroatoms. The number of hydrogen-bond acceptors (Lipinski definition) is 1. The third kappa shape index (κ3) is 2.76. The monoisotopic (exact) mass is 285 g/mol. The van der Waals surface area contributed by atoms with E-state index in [1.54, 1.807) is 0 Å². The summed E-state index contributed by atoms with van der Waals surface area (Å²) in [6.45, 7) is 7.58. The SMILES string of the molecule is Cc1ccc(N(C(=O)O)C(C)(C)C)cc1Br. The summed E-state index contributed by atoms with van der Waals surface area (Å²) in [6, 6.07) is 5.55. The predicted molar refractivity (Wildman–Crippen MR) is 69.1 cm³/mol. The number of hydrogen-bond donors (Lipinski definition) is 1. The molecule has 0 fully saturated rings. The Morgan fingerprint density at radius 3 is 2.31 bits per heavy atom. The van der Waals surface area contributed by atoms with Crippen molar-refractivity contribution in [2.75, 3.05) is 4.90 Å². The van der Waals surface area contributed by atoms with Crippen LogP contribution in [0.4, 0.5) is 10.5 Å². The minimum atomic E-state index is -0.941. The number of anilines is 1. The first kappa shape index (κ1) is 13.0. The zero-order chi connectivity index (χ0) is 12.5. The second kappa shape index (κ2) is 4.45. The Hall–Kier alpha value is -1.03. The Balaban J connectivity index is 3.22. The second-order valence-electron chi connectivity index (χ2n) is 4.72. The molecule has 1 amide bonds. The molecule has 16 heavy (non-hydrogen) atoms. The molecule has 0 aromatic heterocycles. The van der Waals surface area contributed by atoms with Gasteiger partial charge in [0.25, 0.3) is 0 Å². The van der Waals surface area contributed by atoms with Crippen LogP contribution >= 0.6 is 15.9 Å². The first-order chi connectivity index (χ1) is 7.23. The molecule has 88 valence electrons. The quantitative estimate of drug-likeness (QED) is 0.846. The number of benzene rings is 1. The lowest BCUT2D eigenvalue weighted by atomic mass is 10.1. The predicted octanol–water partition coefficient (Wildman–Crippen LogP) is 4.04. The summed E-state index contributed by atoms with van der Waals surface area (Å²) in [5.74, 6) is 0. The number of rotatable bonds is 1. The summed E-state index contributed by atoms with van der Waals surface area (Å²) in [5.41, 5.74) is 1.31. The number of aryl methyl sites for hydroxylation is 1. The lowest BCUT2D eigenvalue weighted by Crippen LogP contribution is -2.45. The third-order valence-corrected chi connectivity index (χ3v) is 3.13. The minimum absolute atomic E-state index is 0.458. The fourth-order valence-electron chi connectivity index (χ4n) is 1.51. The highest BCUT2D eigenvalue weighted by atomic mass is 79.9. The number of amides is 1. The van der Waals surface area contributed by atoms with Crippen molar-refractivity contribution in [1.82, 2.24) is 0 Å². The van der Waals surface area contributed by atoms with Crippen molar-refractivity contribution in [2.24, 2.45) is 0 Å². The summed E-state index contributed by atoms with van der Waals surface area (Å²) in [5, 5.41) is 9.23. The van der Waals surface area contributed by atoms with Gasteiger partial charge in [0.15, 0.2) is 0 Å². The molecular weight excluding hydrogens is 270 g/mol. The van der Waals surface area contributed by atoms with Crippen LogP contribution in [-0.2, 0) is 0 Å². The van der Waals surface area contributed by atoms with Gasteiger partial charge < -0.3 is 5.11 Å². The lowest BCUT2D eigenvalue weighted by Gasteiger charge is -2.33. The van der Waals surface area contributed by atoms with E-state index in [4.69, 9.17) is 0 Å². The Labute approximate surface area is 104 Å². The van der Waals surface area contributed by atoms with Gasteiger partial charge in [0.1, 0.15) is 0 Å². The van der Waals surface area contributed by atoms with Gasteiger partial charge in [-0.05, 0) is 45.4 Å². The number of carboxylic acid groups (broad SMARTS) is 1. The van der Waals surface area contributed by atoms with Gasteiger partial charge in [-0.15, -0.1) is 0 Å². The summed E-state index contributed by atoms with van der Waals surface area (Å²) >= 11 is 3.41. The topological polar surface area (TPSA) is 40.5 Å². The van der Waals surface area contributed by atoms with E-state index in [1.165, 1.54) is 4.90 Å². The van der Waals surface area contributed by atoms with Gasteiger partial charge in [0, 0.05) is 15.7 Å². The van der Waals surface area contributed by atoms with Crippen molar-refractivity contribution in [3.05, 3.63) is 28.2 Å². The summed E-state index contributed by atoms with van der Waals surface area (Å²) in [4.78, 5) is 12.6. The molecular formula is C12H16BrNO2. The van der Waals surface area contributed by atoms with Crippen LogP contribution in [0.3, 0.4) is 0 Å². The van der Waals surface area contributed by atoms with Crippen LogP contribution in [0.5, 0.6) is 0 Å². The largest absolute Gasteiger partial charge is 0.465 e. The van der Waals surface area contributed by atoms with E-state index >= 15 is 0 Å². The third-order valence-electron chi connectivity index (χ3n) is 2.28. The van der Waals surface area contributed by atoms with Crippen LogP contribution in [0.25, 0.3) is 0 Å². The molecule has 0 saturated heterocycles. The minimum Gasteiger partial charge on any atom is -0.465 e. The fraction of sp³-hybridized carbons (Fsp3) is 0.417. The Morgan fingerprint density at radius 1 is 1.38 bits per heavy atom. The molecule has 0 aliphatic heterocycles. The van der Waals surface area contributed by atoms with Crippen LogP contribution in [-0.4, -0.2) is 16.7 Å². The Bertz CT molecular complexity index is 410. The molecule has 0 bridgehead atoms. The van der Waals surface area contributed by atoms with Crippen molar-refractivity contribution >= 4 is 27.7 Å². The van der Waals surface area contributed by atoms with Crippen molar-refractivity contribution < 1.29 is 9.90 Å². The molecule has 0 heterocycles. The molecule has 1 rings (SSSR count). The molecule has 1 N–H and O–H groups in total. The van der Waals surface area contributed by atoms with Crippen LogP contribution in [0.2, 0.25) is 0 Å². The van der Waals surface area contributed by atoms with Gasteiger partial charge in [0.2, 0.25) is 0 Å². The second-order valence-corrected chi connectivity index (χ2v) is 5.58. The van der Waals surface area contributed by atoms with Crippen LogP contribution in [0.15, 0.2) is 22.7 Å². The average molecular weight is 286 g/mol. The highest BCUT2D eigenvalue weighted by Crippen LogP contribution is 2.28. The smallest absolute Gasteiger partial charge is 0.412 e. The zero-order valence-corrected chi connectivity index (χ0v) is 11.5. The van der Waals surface area contributed by atoms with E-state index < -0.39 is 11.6 Å². The van der Waals surface area contributed by atoms with Crippen molar-refractivity contribution in [3.8, 4) is 0 Å². The molecule has 0 aliphatic carbocycles. The van der Waals surface area contributed by atoms with Gasteiger partial charge in [-0.2, -0.15) is 0 Å². The highest BCUT2D eigenvalue weighted by Gasteiger charge is 2.27. The maximum Gasteiger partial charge on any atom is 0.412 e. The maximum absolute atomic E-state index is 11.3. The van der Waals surface area contributed by atoms with E-state index in [-0.39, 0.29) is 0 Å². The average Bonchev–Trinajstić information content (AvgIpc) is 2.08. The van der Waals surface area contributed by atoms with Crippen molar-refractivity contribution in [2.45, 2.75) is 33.2 Å². The lowest BCUT2D eigenvalue weighted by molar-refractivity contribution is 0.195. The van der Waals surface area contributed by atoms with Crippen molar-refractivity contribution in [1.29, 1.82) is 0 Å². The summed E-state index contributed by atoms with van der Waals surface area (Å²) in [7, 11) is 0. The first-order valence-electron chi connectivity index (χ1n) is 5.03. The van der Waals surface area contributed by atoms with E-state index in [0.717, 1.165) is 10.0 Å². The molecule has 0 aliphatic rings. The summed E-state index contributed by atoms with van der Waals surface area (Å²) in [6.07, 6.45) is -0.941. The molecule has 1 aromatic rings. The molecule has 3 nitrogen and oxygen atoms in total. The zero-order valence-electron chi connectivity index (χ0n) is 9.91. The van der Waals surface area contributed by atoms with Gasteiger partial charge in [0.05, 0.1) is 0 Å². The first-order valence-corrected chi connectivity index (χ1v) is 5.82. The summed E-state index contributed by atoms with van der Waals surface area (Å²) < 4.78 is 0.917. The van der Waals surface area contributed by atoms with Gasteiger partial charge >= 0.3 is 6.09 Å². The van der Waals surface area contributed by atoms with Crippen LogP contribution in [0.1, 0.15) is 26.3 Å². The molecule has 0 atom stereocenters. The van der Waals surface area contributed by atoms with Crippen molar-refractivity contribution in [3.63, 3.8) is 0 Å². The number of nitrogens with zero attached hydrogens (tertiary/aromatic N) is 1. The number of carbonyl (C=O) groups is 1. The molecule has 0 radical (unpaired) electrons. The van der Waals surface area contributed by atoms with Gasteiger partial charge in [-0.25, -0.2) is 4.79 Å².